The van der Waals surface area contributed by atoms with E-state index in [-0.39, 0.29) is 24.4 Å². The van der Waals surface area contributed by atoms with E-state index < -0.39 is 0 Å². The van der Waals surface area contributed by atoms with Crippen molar-refractivity contribution in [1.82, 2.24) is 4.90 Å². The number of hydrogen-bond donors (Lipinski definition) is 1. The van der Waals surface area contributed by atoms with E-state index in [9.17, 15) is 4.79 Å². The Labute approximate surface area is 139 Å². The first-order valence-electron chi connectivity index (χ1n) is 6.57. The van der Waals surface area contributed by atoms with Crippen molar-refractivity contribution < 1.29 is 4.79 Å². The maximum atomic E-state index is 12.1. The van der Waals surface area contributed by atoms with Gasteiger partial charge in [0.1, 0.15) is 0 Å². The highest BCUT2D eigenvalue weighted by molar-refractivity contribution is 9.10. The van der Waals surface area contributed by atoms with E-state index in [0.717, 1.165) is 36.2 Å². The third-order valence-corrected chi connectivity index (χ3v) is 5.25. The predicted octanol–water partition coefficient (Wildman–Crippen LogP) is 3.30. The van der Waals surface area contributed by atoms with Gasteiger partial charge in [0.15, 0.2) is 0 Å². The molecule has 3 nitrogen and oxygen atoms in total. The lowest BCUT2D eigenvalue weighted by molar-refractivity contribution is -0.131. The average molecular weight is 380 g/mol. The average Bonchev–Trinajstić information content (AvgIpc) is 2.41. The second kappa shape index (κ2) is 8.93. The van der Waals surface area contributed by atoms with E-state index in [1.807, 2.05) is 23.1 Å². The first-order valence-corrected chi connectivity index (χ1v) is 8.35. The van der Waals surface area contributed by atoms with Crippen molar-refractivity contribution >= 4 is 46.0 Å². The van der Waals surface area contributed by atoms with Crippen LogP contribution in [-0.2, 0) is 4.79 Å². The topological polar surface area (TPSA) is 46.3 Å². The standard InChI is InChI=1S/C14H19BrN2OS.ClH/c15-12-5-1-2-6-13(12)19-9-7-14(18)17-8-3-4-11(16)10-17;/h1-2,5-6,11H,3-4,7-10,16H2;1H. The molecule has 0 bridgehead atoms. The summed E-state index contributed by atoms with van der Waals surface area (Å²) in [6.07, 6.45) is 2.65. The zero-order chi connectivity index (χ0) is 13.7. The lowest BCUT2D eigenvalue weighted by Gasteiger charge is -2.30. The molecule has 0 radical (unpaired) electrons. The van der Waals surface area contributed by atoms with E-state index in [0.29, 0.717) is 6.42 Å². The molecular formula is C14H20BrClN2OS. The van der Waals surface area contributed by atoms with Crippen LogP contribution in [0.1, 0.15) is 19.3 Å². The third kappa shape index (κ3) is 5.28. The molecule has 2 N–H and O–H groups in total. The lowest BCUT2D eigenvalue weighted by atomic mass is 10.1. The second-order valence-corrected chi connectivity index (χ2v) is 6.76. The Hall–Kier alpha value is -0.230. The van der Waals surface area contributed by atoms with E-state index in [1.54, 1.807) is 11.8 Å². The predicted molar refractivity (Wildman–Crippen MR) is 90.5 cm³/mol. The summed E-state index contributed by atoms with van der Waals surface area (Å²) in [7, 11) is 0. The molecule has 112 valence electrons. The molecule has 1 atom stereocenters. The number of amides is 1. The summed E-state index contributed by atoms with van der Waals surface area (Å²) in [5.41, 5.74) is 5.90. The number of halogens is 2. The Bertz CT molecular complexity index is 447. The Morgan fingerprint density at radius 1 is 1.45 bits per heavy atom. The summed E-state index contributed by atoms with van der Waals surface area (Å²) in [6, 6.07) is 8.25. The third-order valence-electron chi connectivity index (χ3n) is 3.22. The Kier molecular flexibility index (Phi) is 7.95. The Morgan fingerprint density at radius 3 is 2.90 bits per heavy atom. The zero-order valence-electron chi connectivity index (χ0n) is 11.3. The Balaban J connectivity index is 0.00000200. The highest BCUT2D eigenvalue weighted by Crippen LogP contribution is 2.27. The van der Waals surface area contributed by atoms with Gasteiger partial charge in [-0.25, -0.2) is 0 Å². The number of rotatable bonds is 4. The molecule has 1 aromatic rings. The molecule has 6 heteroatoms. The summed E-state index contributed by atoms with van der Waals surface area (Å²) >= 11 is 5.23. The number of carbonyl (C=O) groups excluding carboxylic acids is 1. The summed E-state index contributed by atoms with van der Waals surface area (Å²) in [5.74, 6) is 1.04. The fraction of sp³-hybridized carbons (Fsp3) is 0.500. The molecule has 0 aliphatic carbocycles. The van der Waals surface area contributed by atoms with Gasteiger partial charge in [0.2, 0.25) is 5.91 Å². The van der Waals surface area contributed by atoms with Crippen molar-refractivity contribution in [2.75, 3.05) is 18.8 Å². The highest BCUT2D eigenvalue weighted by atomic mass is 79.9. The van der Waals surface area contributed by atoms with Gasteiger partial charge in [0, 0.05) is 40.7 Å². The number of piperidine rings is 1. The molecule has 1 unspecified atom stereocenters. The maximum Gasteiger partial charge on any atom is 0.223 e. The number of likely N-dealkylation sites (tertiary alicyclic amines) is 1. The van der Waals surface area contributed by atoms with E-state index >= 15 is 0 Å². The molecule has 1 heterocycles. The quantitative estimate of drug-likeness (QED) is 0.816. The number of thioether (sulfide) groups is 1. The molecule has 1 saturated heterocycles. The van der Waals surface area contributed by atoms with Crippen LogP contribution in [0, 0.1) is 0 Å². The van der Waals surface area contributed by atoms with Gasteiger partial charge in [0.25, 0.3) is 0 Å². The van der Waals surface area contributed by atoms with Gasteiger partial charge < -0.3 is 10.6 Å². The fourth-order valence-corrected chi connectivity index (χ4v) is 3.71. The second-order valence-electron chi connectivity index (χ2n) is 4.77. The first-order chi connectivity index (χ1) is 9.16. The number of nitrogens with two attached hydrogens (primary N) is 1. The van der Waals surface area contributed by atoms with Crippen LogP contribution in [0.15, 0.2) is 33.6 Å². The van der Waals surface area contributed by atoms with Crippen molar-refractivity contribution in [3.63, 3.8) is 0 Å². The van der Waals surface area contributed by atoms with Crippen LogP contribution in [-0.4, -0.2) is 35.7 Å². The fourth-order valence-electron chi connectivity index (χ4n) is 2.20. The maximum absolute atomic E-state index is 12.1. The summed E-state index contributed by atoms with van der Waals surface area (Å²) in [5, 5.41) is 0. The zero-order valence-corrected chi connectivity index (χ0v) is 14.5. The SMILES string of the molecule is Cl.NC1CCCN(C(=O)CCSc2ccccc2Br)C1. The number of nitrogens with zero attached hydrogens (tertiary/aromatic N) is 1. The molecule has 0 saturated carbocycles. The normalized spacial score (nSPS) is 18.5. The molecule has 1 aliphatic heterocycles. The van der Waals surface area contributed by atoms with E-state index in [1.165, 1.54) is 4.90 Å². The van der Waals surface area contributed by atoms with Gasteiger partial charge in [-0.05, 0) is 40.9 Å². The van der Waals surface area contributed by atoms with Gasteiger partial charge in [0.05, 0.1) is 0 Å². The summed E-state index contributed by atoms with van der Waals surface area (Å²) in [6.45, 7) is 1.59. The molecule has 1 amide bonds. The molecule has 2 rings (SSSR count). The molecular weight excluding hydrogens is 360 g/mol. The van der Waals surface area contributed by atoms with Crippen molar-refractivity contribution in [3.8, 4) is 0 Å². The molecule has 1 aliphatic rings. The highest BCUT2D eigenvalue weighted by Gasteiger charge is 2.20. The monoisotopic (exact) mass is 378 g/mol. The van der Waals surface area contributed by atoms with Gasteiger partial charge in [-0.15, -0.1) is 24.2 Å². The van der Waals surface area contributed by atoms with Gasteiger partial charge in [-0.3, -0.25) is 4.79 Å². The van der Waals surface area contributed by atoms with E-state index in [4.69, 9.17) is 5.73 Å². The van der Waals surface area contributed by atoms with Crippen LogP contribution in [0.2, 0.25) is 0 Å². The lowest BCUT2D eigenvalue weighted by Crippen LogP contribution is -2.45. The van der Waals surface area contributed by atoms with Gasteiger partial charge in [-0.1, -0.05) is 12.1 Å². The number of carbonyl (C=O) groups is 1. The van der Waals surface area contributed by atoms with Crippen LogP contribution in [0.25, 0.3) is 0 Å². The van der Waals surface area contributed by atoms with Crippen LogP contribution < -0.4 is 5.73 Å². The van der Waals surface area contributed by atoms with Crippen LogP contribution in [0.5, 0.6) is 0 Å². The minimum absolute atomic E-state index is 0. The van der Waals surface area contributed by atoms with Gasteiger partial charge in [-0.2, -0.15) is 0 Å². The number of benzene rings is 1. The molecule has 20 heavy (non-hydrogen) atoms. The smallest absolute Gasteiger partial charge is 0.223 e. The first kappa shape index (κ1) is 17.8. The van der Waals surface area contributed by atoms with Crippen molar-refractivity contribution in [2.24, 2.45) is 5.73 Å². The van der Waals surface area contributed by atoms with Crippen molar-refractivity contribution in [3.05, 3.63) is 28.7 Å². The largest absolute Gasteiger partial charge is 0.341 e. The summed E-state index contributed by atoms with van der Waals surface area (Å²) in [4.78, 5) is 15.2. The number of hydrogen-bond acceptors (Lipinski definition) is 3. The van der Waals surface area contributed by atoms with Crippen LogP contribution in [0.3, 0.4) is 0 Å². The minimum atomic E-state index is 0. The Morgan fingerprint density at radius 2 is 2.20 bits per heavy atom. The van der Waals surface area contributed by atoms with Crippen molar-refractivity contribution in [2.45, 2.75) is 30.2 Å². The molecule has 0 spiro atoms. The minimum Gasteiger partial charge on any atom is -0.341 e. The van der Waals surface area contributed by atoms with Crippen LogP contribution in [0.4, 0.5) is 0 Å². The molecule has 1 aromatic carbocycles. The van der Waals surface area contributed by atoms with Gasteiger partial charge >= 0.3 is 0 Å². The van der Waals surface area contributed by atoms with E-state index in [2.05, 4.69) is 22.0 Å². The summed E-state index contributed by atoms with van der Waals surface area (Å²) < 4.78 is 1.09. The molecule has 0 aromatic heterocycles. The van der Waals surface area contributed by atoms with Crippen LogP contribution >= 0.6 is 40.1 Å². The molecule has 1 fully saturated rings. The van der Waals surface area contributed by atoms with Crippen molar-refractivity contribution in [1.29, 1.82) is 0 Å².